The minimum absolute atomic E-state index is 0.0717. The van der Waals surface area contributed by atoms with E-state index < -0.39 is 23.9 Å². The third-order valence-corrected chi connectivity index (χ3v) is 7.43. The fourth-order valence-corrected chi connectivity index (χ4v) is 5.60. The van der Waals surface area contributed by atoms with E-state index in [1.807, 2.05) is 4.90 Å². The number of hydrogen-bond acceptors (Lipinski definition) is 9. The summed E-state index contributed by atoms with van der Waals surface area (Å²) in [6.45, 7) is 2.36. The Morgan fingerprint density at radius 3 is 1.54 bits per heavy atom. The van der Waals surface area contributed by atoms with Gasteiger partial charge in [-0.1, -0.05) is 0 Å². The van der Waals surface area contributed by atoms with Crippen LogP contribution >= 0.6 is 0 Å². The molecule has 1 aliphatic heterocycles. The van der Waals surface area contributed by atoms with Crippen LogP contribution in [0.4, 0.5) is 0 Å². The molecule has 0 bridgehead atoms. The van der Waals surface area contributed by atoms with Gasteiger partial charge in [-0.05, 0) is 38.0 Å². The van der Waals surface area contributed by atoms with Crippen molar-refractivity contribution in [2.45, 2.75) is 51.1 Å². The molecule has 1 unspecified atom stereocenters. The SMILES string of the molecule is CC(=O)NC1CCC(CC2CN(CC(=O)O)CCN(CC(=O)O)CCN(CC(=O)O)CCN2CC(=O)O)CC1. The first-order valence-electron chi connectivity index (χ1n) is 13.5. The zero-order chi connectivity index (χ0) is 28.9. The average molecular weight is 558 g/mol. The Morgan fingerprint density at radius 2 is 1.08 bits per heavy atom. The fourth-order valence-electron chi connectivity index (χ4n) is 5.60. The largest absolute Gasteiger partial charge is 0.480 e. The Labute approximate surface area is 228 Å². The Kier molecular flexibility index (Phi) is 13.6. The van der Waals surface area contributed by atoms with E-state index in [0.29, 0.717) is 6.42 Å². The van der Waals surface area contributed by atoms with E-state index in [-0.39, 0.29) is 95.9 Å². The van der Waals surface area contributed by atoms with Crippen molar-refractivity contribution in [3.8, 4) is 0 Å². The van der Waals surface area contributed by atoms with Crippen LogP contribution in [-0.4, -0.2) is 154 Å². The van der Waals surface area contributed by atoms with E-state index in [4.69, 9.17) is 0 Å². The number of carbonyl (C=O) groups is 5. The Balaban J connectivity index is 2.29. The molecular weight excluding hydrogens is 514 g/mol. The highest BCUT2D eigenvalue weighted by Crippen LogP contribution is 2.29. The maximum absolute atomic E-state index is 11.8. The molecule has 2 fully saturated rings. The van der Waals surface area contributed by atoms with E-state index in [1.165, 1.54) is 6.92 Å². The lowest BCUT2D eigenvalue weighted by atomic mass is 9.82. The molecule has 1 amide bonds. The molecule has 222 valence electrons. The van der Waals surface area contributed by atoms with Crippen molar-refractivity contribution >= 4 is 29.8 Å². The van der Waals surface area contributed by atoms with Crippen molar-refractivity contribution in [2.24, 2.45) is 5.92 Å². The quantitative estimate of drug-likeness (QED) is 0.208. The summed E-state index contributed by atoms with van der Waals surface area (Å²) in [5, 5.41) is 40.9. The molecule has 14 nitrogen and oxygen atoms in total. The van der Waals surface area contributed by atoms with Crippen LogP contribution in [0, 0.1) is 5.92 Å². The summed E-state index contributed by atoms with van der Waals surface area (Å²) in [6.07, 6.45) is 3.95. The molecule has 5 N–H and O–H groups in total. The summed E-state index contributed by atoms with van der Waals surface area (Å²) in [5.74, 6) is -3.93. The molecule has 1 heterocycles. The van der Waals surface area contributed by atoms with Gasteiger partial charge in [0.2, 0.25) is 5.91 Å². The van der Waals surface area contributed by atoms with Gasteiger partial charge in [-0.2, -0.15) is 0 Å². The summed E-state index contributed by atoms with van der Waals surface area (Å²) < 4.78 is 0. The predicted molar refractivity (Wildman–Crippen MR) is 139 cm³/mol. The molecule has 0 aromatic carbocycles. The lowest BCUT2D eigenvalue weighted by molar-refractivity contribution is -0.142. The summed E-state index contributed by atoms with van der Waals surface area (Å²) in [5.41, 5.74) is 0. The minimum Gasteiger partial charge on any atom is -0.480 e. The number of carboxylic acids is 4. The van der Waals surface area contributed by atoms with E-state index in [0.717, 1.165) is 25.7 Å². The van der Waals surface area contributed by atoms with Crippen LogP contribution in [0.3, 0.4) is 0 Å². The third kappa shape index (κ3) is 13.2. The van der Waals surface area contributed by atoms with Gasteiger partial charge in [-0.15, -0.1) is 0 Å². The number of aliphatic carboxylic acids is 4. The zero-order valence-electron chi connectivity index (χ0n) is 22.7. The number of nitrogens with zero attached hydrogens (tertiary/aromatic N) is 4. The van der Waals surface area contributed by atoms with E-state index in [1.54, 1.807) is 14.7 Å². The monoisotopic (exact) mass is 557 g/mol. The van der Waals surface area contributed by atoms with E-state index in [9.17, 15) is 44.4 Å². The first-order valence-corrected chi connectivity index (χ1v) is 13.5. The molecule has 0 radical (unpaired) electrons. The summed E-state index contributed by atoms with van der Waals surface area (Å²) >= 11 is 0. The maximum atomic E-state index is 11.8. The Bertz CT molecular complexity index is 850. The Morgan fingerprint density at radius 1 is 0.641 bits per heavy atom. The van der Waals surface area contributed by atoms with Gasteiger partial charge in [0, 0.05) is 64.8 Å². The van der Waals surface area contributed by atoms with Gasteiger partial charge >= 0.3 is 23.9 Å². The minimum atomic E-state index is -1.03. The first kappa shape index (κ1) is 32.4. The van der Waals surface area contributed by atoms with E-state index in [2.05, 4.69) is 5.32 Å². The van der Waals surface area contributed by atoms with Gasteiger partial charge in [-0.3, -0.25) is 43.6 Å². The van der Waals surface area contributed by atoms with Crippen LogP contribution in [0.1, 0.15) is 39.0 Å². The van der Waals surface area contributed by atoms with E-state index >= 15 is 0 Å². The van der Waals surface area contributed by atoms with Crippen molar-refractivity contribution < 1.29 is 44.4 Å². The second kappa shape index (κ2) is 16.3. The van der Waals surface area contributed by atoms with Gasteiger partial charge in [0.1, 0.15) is 0 Å². The fraction of sp³-hybridized carbons (Fsp3) is 0.800. The number of rotatable bonds is 11. The van der Waals surface area contributed by atoms with Crippen LogP contribution in [0.5, 0.6) is 0 Å². The lowest BCUT2D eigenvalue weighted by Gasteiger charge is -2.40. The van der Waals surface area contributed by atoms with Gasteiger partial charge in [0.05, 0.1) is 26.2 Å². The standard InChI is InChI=1S/C25H43N5O9/c1-18(31)26-20-4-2-19(3-5-20)12-21-13-29(16-24(36)37)9-8-27(14-22(32)33)6-7-28(15-23(34)35)10-11-30(21)17-25(38)39/h19-21H,2-17H2,1H3,(H,26,31)(H,32,33)(H,34,35)(H,36,37)(H,38,39). The third-order valence-electron chi connectivity index (χ3n) is 7.43. The van der Waals surface area contributed by atoms with Crippen molar-refractivity contribution in [1.29, 1.82) is 0 Å². The highest BCUT2D eigenvalue weighted by Gasteiger charge is 2.31. The van der Waals surface area contributed by atoms with Crippen molar-refractivity contribution in [2.75, 3.05) is 72.0 Å². The topological polar surface area (TPSA) is 191 Å². The molecule has 0 spiro atoms. The second-order valence-electron chi connectivity index (χ2n) is 10.6. The molecule has 2 rings (SSSR count). The number of carboxylic acid groups (broad SMARTS) is 4. The van der Waals surface area contributed by atoms with Crippen LogP contribution in [-0.2, 0) is 24.0 Å². The van der Waals surface area contributed by atoms with Crippen LogP contribution < -0.4 is 5.32 Å². The summed E-state index contributed by atoms with van der Waals surface area (Å²) in [6, 6.07) is -0.194. The van der Waals surface area contributed by atoms with Gasteiger partial charge in [0.15, 0.2) is 0 Å². The van der Waals surface area contributed by atoms with Gasteiger partial charge in [-0.25, -0.2) is 0 Å². The molecule has 1 aliphatic carbocycles. The smallest absolute Gasteiger partial charge is 0.317 e. The van der Waals surface area contributed by atoms with Gasteiger partial charge in [0.25, 0.3) is 0 Å². The highest BCUT2D eigenvalue weighted by molar-refractivity contribution is 5.73. The lowest BCUT2D eigenvalue weighted by Crippen LogP contribution is -2.53. The normalized spacial score (nSPS) is 25.2. The van der Waals surface area contributed by atoms with Crippen molar-refractivity contribution in [3.63, 3.8) is 0 Å². The molecule has 14 heteroatoms. The second-order valence-corrected chi connectivity index (χ2v) is 10.6. The van der Waals surface area contributed by atoms with Crippen molar-refractivity contribution in [3.05, 3.63) is 0 Å². The number of carbonyl (C=O) groups excluding carboxylic acids is 1. The predicted octanol–water partition coefficient (Wildman–Crippen LogP) is -1.000. The van der Waals surface area contributed by atoms with Crippen LogP contribution in [0.25, 0.3) is 0 Å². The van der Waals surface area contributed by atoms with Gasteiger partial charge < -0.3 is 25.7 Å². The molecule has 0 aromatic rings. The number of hydrogen-bond donors (Lipinski definition) is 5. The average Bonchev–Trinajstić information content (AvgIpc) is 2.81. The number of amides is 1. The summed E-state index contributed by atoms with van der Waals surface area (Å²) in [7, 11) is 0. The van der Waals surface area contributed by atoms with Crippen LogP contribution in [0.15, 0.2) is 0 Å². The molecular formula is C25H43N5O9. The molecule has 0 aromatic heterocycles. The molecule has 1 saturated heterocycles. The molecule has 2 aliphatic rings. The molecule has 1 atom stereocenters. The van der Waals surface area contributed by atoms with Crippen molar-refractivity contribution in [1.82, 2.24) is 24.9 Å². The first-order chi connectivity index (χ1) is 18.4. The van der Waals surface area contributed by atoms with Crippen LogP contribution in [0.2, 0.25) is 0 Å². The number of nitrogens with one attached hydrogen (secondary N) is 1. The summed E-state index contributed by atoms with van der Waals surface area (Å²) in [4.78, 5) is 64.7. The molecule has 39 heavy (non-hydrogen) atoms. The zero-order valence-corrected chi connectivity index (χ0v) is 22.7. The Hall–Kier alpha value is -2.81. The molecule has 1 saturated carbocycles. The highest BCUT2D eigenvalue weighted by atomic mass is 16.4. The maximum Gasteiger partial charge on any atom is 0.317 e.